The molecule has 88 heavy (non-hydrogen) atoms. The summed E-state index contributed by atoms with van der Waals surface area (Å²) in [6, 6.07) is 125. The van der Waals surface area contributed by atoms with Crippen LogP contribution in [0.5, 0.6) is 0 Å². The third kappa shape index (κ3) is 8.05. The SMILES string of the molecule is CC(C)(c1ccccc1)c1ccc2c(c1)c1cc(C(C)(C)c3ccccc3)ccc1n2-c1ccc2c(c1)c1cc(-c3ccccc3)ccc1n2-c1ccc([Si]2(c3ccccc3)c3ccccc3[Si](c3ccccc3)(c3ccccc3)c3ccccc32)cc1. The van der Waals surface area contributed by atoms with Crippen LogP contribution in [0.15, 0.2) is 328 Å². The van der Waals surface area contributed by atoms with Crippen molar-refractivity contribution in [3.63, 3.8) is 0 Å². The van der Waals surface area contributed by atoms with Crippen LogP contribution >= 0.6 is 0 Å². The highest BCUT2D eigenvalue weighted by Crippen LogP contribution is 2.43. The first-order valence-electron chi connectivity index (χ1n) is 31.0. The lowest BCUT2D eigenvalue weighted by atomic mass is 9.77. The molecule has 1 aliphatic heterocycles. The van der Waals surface area contributed by atoms with Crippen molar-refractivity contribution in [3.05, 3.63) is 350 Å². The molecule has 0 amide bonds. The van der Waals surface area contributed by atoms with Crippen molar-refractivity contribution in [3.8, 4) is 22.5 Å². The molecule has 0 unspecified atom stereocenters. The molecule has 0 N–H and O–H groups in total. The first kappa shape index (κ1) is 53.4. The minimum Gasteiger partial charge on any atom is -0.309 e. The highest BCUT2D eigenvalue weighted by atomic mass is 28.3. The molecular formula is C84H66N2Si2. The highest BCUT2D eigenvalue weighted by molar-refractivity contribution is 7.32. The van der Waals surface area contributed by atoms with Crippen LogP contribution in [0.3, 0.4) is 0 Å². The van der Waals surface area contributed by atoms with Crippen molar-refractivity contribution >= 4 is 101 Å². The molecule has 0 fully saturated rings. The van der Waals surface area contributed by atoms with Crippen LogP contribution in [-0.4, -0.2) is 25.3 Å². The van der Waals surface area contributed by atoms with Gasteiger partial charge in [0.25, 0.3) is 0 Å². The second-order valence-corrected chi connectivity index (χ2v) is 32.6. The van der Waals surface area contributed by atoms with Gasteiger partial charge >= 0.3 is 0 Å². The Morgan fingerprint density at radius 3 is 0.955 bits per heavy atom. The molecule has 0 saturated carbocycles. The largest absolute Gasteiger partial charge is 0.309 e. The molecule has 1 aliphatic rings. The van der Waals surface area contributed by atoms with Crippen molar-refractivity contribution in [2.45, 2.75) is 38.5 Å². The van der Waals surface area contributed by atoms with Crippen LogP contribution in [0, 0.1) is 0 Å². The number of fused-ring (bicyclic) bond motifs is 8. The molecule has 2 aromatic heterocycles. The monoisotopic (exact) mass is 1160 g/mol. The maximum Gasteiger partial charge on any atom is 0.179 e. The molecule has 0 spiro atoms. The van der Waals surface area contributed by atoms with E-state index in [0.29, 0.717) is 0 Å². The van der Waals surface area contributed by atoms with Gasteiger partial charge in [-0.15, -0.1) is 0 Å². The summed E-state index contributed by atoms with van der Waals surface area (Å²) in [7, 11) is -5.86. The van der Waals surface area contributed by atoms with Gasteiger partial charge in [-0.3, -0.25) is 0 Å². The number of rotatable bonds is 11. The average molecular weight is 1160 g/mol. The zero-order valence-corrected chi connectivity index (χ0v) is 52.1. The van der Waals surface area contributed by atoms with Crippen LogP contribution in [0.25, 0.3) is 66.1 Å². The first-order valence-corrected chi connectivity index (χ1v) is 35.0. The van der Waals surface area contributed by atoms with Crippen molar-refractivity contribution < 1.29 is 0 Å². The molecule has 13 aromatic carbocycles. The molecule has 3 heterocycles. The summed E-state index contributed by atoms with van der Waals surface area (Å²) in [6.07, 6.45) is 0. The summed E-state index contributed by atoms with van der Waals surface area (Å²) < 4.78 is 5.03. The smallest absolute Gasteiger partial charge is 0.179 e. The third-order valence-corrected chi connectivity index (χ3v) is 30.2. The standard InChI is InChI=1S/C84H66N2Si2/c1-83(2,61-29-13-6-14-30-61)63-44-52-76-72(56-63)73-57-64(84(3,4)62-31-15-7-16-32-62)45-53-77(73)86(76)66-48-54-78-74(58-66)71-55-60(59-27-11-5-12-28-59)43-51-75(71)85(78)65-46-49-70(50-47-65)88(69-37-21-10-22-38-69)81-41-25-23-39-79(81)87(67-33-17-8-18-34-67,68-35-19-9-20-36-68)80-40-24-26-42-82(80)88/h5-58H,1-4H3. The molecular weight excluding hydrogens is 1090 g/mol. The molecule has 2 nitrogen and oxygen atoms in total. The Morgan fingerprint density at radius 2 is 0.534 bits per heavy atom. The van der Waals surface area contributed by atoms with E-state index in [1.807, 2.05) is 0 Å². The Balaban J connectivity index is 0.905. The van der Waals surface area contributed by atoms with Crippen LogP contribution in [-0.2, 0) is 10.8 Å². The number of aromatic nitrogens is 2. The van der Waals surface area contributed by atoms with E-state index < -0.39 is 16.1 Å². The van der Waals surface area contributed by atoms with Gasteiger partial charge < -0.3 is 9.13 Å². The predicted octanol–water partition coefficient (Wildman–Crippen LogP) is 15.3. The van der Waals surface area contributed by atoms with E-state index in [2.05, 4.69) is 364 Å². The fourth-order valence-electron chi connectivity index (χ4n) is 15.4. The number of hydrogen-bond donors (Lipinski definition) is 0. The topological polar surface area (TPSA) is 9.86 Å². The van der Waals surface area contributed by atoms with E-state index in [4.69, 9.17) is 0 Å². The minimum atomic E-state index is -3.01. The van der Waals surface area contributed by atoms with Gasteiger partial charge in [0.05, 0.1) is 22.1 Å². The number of nitrogens with zero attached hydrogens (tertiary/aromatic N) is 2. The van der Waals surface area contributed by atoms with Gasteiger partial charge in [0.1, 0.15) is 0 Å². The summed E-state index contributed by atoms with van der Waals surface area (Å²) in [5.41, 5.74) is 14.1. The quantitative estimate of drug-likeness (QED) is 0.114. The molecule has 15 aromatic rings. The molecule has 16 rings (SSSR count). The van der Waals surface area contributed by atoms with E-state index in [1.165, 1.54) is 118 Å². The second-order valence-electron chi connectivity index (χ2n) is 25.2. The molecule has 420 valence electrons. The summed E-state index contributed by atoms with van der Waals surface area (Å²) in [5.74, 6) is 0. The summed E-state index contributed by atoms with van der Waals surface area (Å²) in [4.78, 5) is 0. The van der Waals surface area contributed by atoms with Crippen LogP contribution in [0.1, 0.15) is 49.9 Å². The molecule has 0 atom stereocenters. The maximum atomic E-state index is 2.52. The molecule has 0 bridgehead atoms. The molecule has 0 radical (unpaired) electrons. The lowest BCUT2D eigenvalue weighted by Crippen LogP contribution is -2.93. The Kier molecular flexibility index (Phi) is 12.6. The van der Waals surface area contributed by atoms with Crippen molar-refractivity contribution in [2.75, 3.05) is 0 Å². The van der Waals surface area contributed by atoms with Crippen molar-refractivity contribution in [1.82, 2.24) is 9.13 Å². The Morgan fingerprint density at radius 1 is 0.227 bits per heavy atom. The van der Waals surface area contributed by atoms with E-state index in [1.54, 1.807) is 0 Å². The van der Waals surface area contributed by atoms with Gasteiger partial charge in [-0.2, -0.15) is 0 Å². The van der Waals surface area contributed by atoms with Crippen molar-refractivity contribution in [1.29, 1.82) is 0 Å². The van der Waals surface area contributed by atoms with Crippen LogP contribution in [0.4, 0.5) is 0 Å². The Hall–Kier alpha value is -10.1. The third-order valence-electron chi connectivity index (χ3n) is 20.0. The van der Waals surface area contributed by atoms with Gasteiger partial charge in [0.15, 0.2) is 16.1 Å². The number of benzene rings is 13. The lowest BCUT2D eigenvalue weighted by molar-refractivity contribution is 0.641. The molecule has 0 aliphatic carbocycles. The van der Waals surface area contributed by atoms with E-state index in [-0.39, 0.29) is 10.8 Å². The summed E-state index contributed by atoms with van der Waals surface area (Å²) in [5, 5.41) is 16.4. The molecule has 4 heteroatoms. The number of hydrogen-bond acceptors (Lipinski definition) is 0. The second kappa shape index (κ2) is 20.8. The fourth-order valence-corrected chi connectivity index (χ4v) is 27.5. The van der Waals surface area contributed by atoms with E-state index in [0.717, 1.165) is 11.4 Å². The Labute approximate surface area is 518 Å². The lowest BCUT2D eigenvalue weighted by Gasteiger charge is -2.48. The van der Waals surface area contributed by atoms with E-state index >= 15 is 0 Å². The van der Waals surface area contributed by atoms with Gasteiger partial charge in [-0.05, 0) is 142 Å². The highest BCUT2D eigenvalue weighted by Gasteiger charge is 2.56. The zero-order valence-electron chi connectivity index (χ0n) is 50.1. The van der Waals surface area contributed by atoms with E-state index in [9.17, 15) is 0 Å². The molecule has 0 saturated heterocycles. The zero-order chi connectivity index (χ0) is 59.2. The van der Waals surface area contributed by atoms with Gasteiger partial charge in [-0.25, -0.2) is 0 Å². The van der Waals surface area contributed by atoms with Gasteiger partial charge in [0, 0.05) is 43.7 Å². The Bertz CT molecular complexity index is 4910. The van der Waals surface area contributed by atoms with Crippen LogP contribution in [0.2, 0.25) is 0 Å². The normalized spacial score (nSPS) is 13.6. The minimum absolute atomic E-state index is 0.214. The van der Waals surface area contributed by atoms with Gasteiger partial charge in [-0.1, -0.05) is 289 Å². The fraction of sp³-hybridized carbons (Fsp3) is 0.0714. The summed E-state index contributed by atoms with van der Waals surface area (Å²) in [6.45, 7) is 9.42. The predicted molar refractivity (Wildman–Crippen MR) is 378 cm³/mol. The van der Waals surface area contributed by atoms with Crippen molar-refractivity contribution in [2.24, 2.45) is 0 Å². The maximum absolute atomic E-state index is 3.01. The average Bonchev–Trinajstić information content (AvgIpc) is 0.738. The summed E-state index contributed by atoms with van der Waals surface area (Å²) >= 11 is 0. The first-order chi connectivity index (χ1) is 43.2. The van der Waals surface area contributed by atoms with Gasteiger partial charge in [0.2, 0.25) is 0 Å². The van der Waals surface area contributed by atoms with Crippen LogP contribution < -0.4 is 41.5 Å².